The second-order valence-corrected chi connectivity index (χ2v) is 7.31. The standard InChI is InChI=1S/C19H23FN2O3/c1-5-12-9-22-10-14(25-18(22)21-17(12)23)11-24-16-7-6-13(8-15(16)20)19(2,3)4/h6-9,14H,5,10-11H2,1-4H3/t14-/m0/s1. The normalized spacial score (nSPS) is 16.4. The van der Waals surface area contributed by atoms with E-state index in [4.69, 9.17) is 9.47 Å². The van der Waals surface area contributed by atoms with Gasteiger partial charge in [-0.15, -0.1) is 0 Å². The Balaban J connectivity index is 1.66. The minimum atomic E-state index is -0.385. The number of fused-ring (bicyclic) bond motifs is 1. The number of benzene rings is 1. The van der Waals surface area contributed by atoms with Crippen molar-refractivity contribution in [3.05, 3.63) is 51.7 Å². The van der Waals surface area contributed by atoms with Crippen LogP contribution in [0.15, 0.2) is 29.2 Å². The van der Waals surface area contributed by atoms with Gasteiger partial charge in [0.05, 0.1) is 6.54 Å². The van der Waals surface area contributed by atoms with Gasteiger partial charge in [0.2, 0.25) is 0 Å². The fourth-order valence-electron chi connectivity index (χ4n) is 2.75. The van der Waals surface area contributed by atoms with Crippen molar-refractivity contribution in [2.75, 3.05) is 6.61 Å². The molecule has 2 heterocycles. The Hall–Kier alpha value is -2.37. The fraction of sp³-hybridized carbons (Fsp3) is 0.474. The van der Waals surface area contributed by atoms with Crippen molar-refractivity contribution in [2.24, 2.45) is 0 Å². The number of rotatable bonds is 4. The van der Waals surface area contributed by atoms with Crippen molar-refractivity contribution in [3.8, 4) is 11.8 Å². The van der Waals surface area contributed by atoms with Crippen LogP contribution < -0.4 is 15.0 Å². The van der Waals surface area contributed by atoms with Crippen LogP contribution in [0.5, 0.6) is 11.8 Å². The van der Waals surface area contributed by atoms with Gasteiger partial charge in [-0.3, -0.25) is 9.36 Å². The van der Waals surface area contributed by atoms with Gasteiger partial charge in [0, 0.05) is 11.8 Å². The number of hydrogen-bond acceptors (Lipinski definition) is 4. The van der Waals surface area contributed by atoms with E-state index < -0.39 is 0 Å². The summed E-state index contributed by atoms with van der Waals surface area (Å²) in [5, 5.41) is 0. The molecule has 0 spiro atoms. The fourth-order valence-corrected chi connectivity index (χ4v) is 2.75. The molecule has 1 atom stereocenters. The lowest BCUT2D eigenvalue weighted by Crippen LogP contribution is -2.23. The quantitative estimate of drug-likeness (QED) is 0.854. The minimum absolute atomic E-state index is 0.120. The number of aryl methyl sites for hydroxylation is 1. The third-order valence-electron chi connectivity index (χ3n) is 4.31. The zero-order valence-electron chi connectivity index (χ0n) is 15.0. The van der Waals surface area contributed by atoms with Crippen LogP contribution in [-0.2, 0) is 18.4 Å². The van der Waals surface area contributed by atoms with E-state index in [1.165, 1.54) is 6.07 Å². The molecule has 1 aliphatic heterocycles. The highest BCUT2D eigenvalue weighted by atomic mass is 19.1. The number of aromatic nitrogens is 2. The van der Waals surface area contributed by atoms with Crippen molar-refractivity contribution >= 4 is 0 Å². The third kappa shape index (κ3) is 3.67. The molecule has 1 aliphatic rings. The average Bonchev–Trinajstić information content (AvgIpc) is 2.93. The van der Waals surface area contributed by atoms with Gasteiger partial charge >= 0.3 is 0 Å². The molecule has 0 aliphatic carbocycles. The van der Waals surface area contributed by atoms with Gasteiger partial charge in [0.1, 0.15) is 6.61 Å². The lowest BCUT2D eigenvalue weighted by Gasteiger charge is -2.20. The van der Waals surface area contributed by atoms with E-state index in [0.717, 1.165) is 5.56 Å². The first kappa shape index (κ1) is 17.5. The highest BCUT2D eigenvalue weighted by Gasteiger charge is 2.25. The highest BCUT2D eigenvalue weighted by molar-refractivity contribution is 5.32. The second kappa shape index (κ2) is 6.50. The lowest BCUT2D eigenvalue weighted by molar-refractivity contribution is 0.140. The molecule has 0 radical (unpaired) electrons. The van der Waals surface area contributed by atoms with Crippen LogP contribution in [0.2, 0.25) is 0 Å². The van der Waals surface area contributed by atoms with Crippen LogP contribution in [0.4, 0.5) is 4.39 Å². The van der Waals surface area contributed by atoms with E-state index in [2.05, 4.69) is 4.98 Å². The molecule has 5 nitrogen and oxygen atoms in total. The topological polar surface area (TPSA) is 53.4 Å². The van der Waals surface area contributed by atoms with E-state index in [-0.39, 0.29) is 35.3 Å². The molecule has 0 bridgehead atoms. The molecule has 0 fully saturated rings. The first-order valence-electron chi connectivity index (χ1n) is 8.47. The van der Waals surface area contributed by atoms with Crippen LogP contribution >= 0.6 is 0 Å². The SMILES string of the molecule is CCc1cn2c(nc1=O)O[C@H](COc1ccc(C(C)(C)C)cc1F)C2. The zero-order chi connectivity index (χ0) is 18.2. The van der Waals surface area contributed by atoms with Gasteiger partial charge in [-0.1, -0.05) is 33.8 Å². The Morgan fingerprint density at radius 1 is 1.40 bits per heavy atom. The Bertz CT molecular complexity index is 840. The maximum atomic E-state index is 14.2. The van der Waals surface area contributed by atoms with Crippen LogP contribution in [-0.4, -0.2) is 22.3 Å². The Kier molecular flexibility index (Phi) is 4.54. The first-order valence-corrected chi connectivity index (χ1v) is 8.47. The van der Waals surface area contributed by atoms with E-state index in [1.807, 2.05) is 33.8 Å². The van der Waals surface area contributed by atoms with Gasteiger partial charge in [-0.05, 0) is 29.5 Å². The Morgan fingerprint density at radius 2 is 2.16 bits per heavy atom. The maximum absolute atomic E-state index is 14.2. The van der Waals surface area contributed by atoms with E-state index in [9.17, 15) is 9.18 Å². The molecule has 0 saturated carbocycles. The van der Waals surface area contributed by atoms with Gasteiger partial charge in [-0.25, -0.2) is 4.39 Å². The predicted molar refractivity (Wildman–Crippen MR) is 92.9 cm³/mol. The monoisotopic (exact) mass is 346 g/mol. The van der Waals surface area contributed by atoms with Crippen LogP contribution in [0, 0.1) is 5.82 Å². The summed E-state index contributed by atoms with van der Waals surface area (Å²) in [4.78, 5) is 15.7. The van der Waals surface area contributed by atoms with Gasteiger partial charge < -0.3 is 9.47 Å². The maximum Gasteiger partial charge on any atom is 0.300 e. The van der Waals surface area contributed by atoms with Gasteiger partial charge in [0.25, 0.3) is 11.6 Å². The molecular weight excluding hydrogens is 323 g/mol. The minimum Gasteiger partial charge on any atom is -0.487 e. The predicted octanol–water partition coefficient (Wildman–Crippen LogP) is 3.08. The van der Waals surface area contributed by atoms with Crippen molar-refractivity contribution in [1.29, 1.82) is 0 Å². The molecule has 134 valence electrons. The Labute approximate surface area is 146 Å². The number of hydrogen-bond donors (Lipinski definition) is 0. The molecular formula is C19H23FN2O3. The van der Waals surface area contributed by atoms with Crippen LogP contribution in [0.25, 0.3) is 0 Å². The average molecular weight is 346 g/mol. The summed E-state index contributed by atoms with van der Waals surface area (Å²) in [7, 11) is 0. The smallest absolute Gasteiger partial charge is 0.300 e. The number of ether oxygens (including phenoxy) is 2. The molecule has 0 N–H and O–H groups in total. The molecule has 6 heteroatoms. The largest absolute Gasteiger partial charge is 0.487 e. The summed E-state index contributed by atoms with van der Waals surface area (Å²) in [6.45, 7) is 8.72. The lowest BCUT2D eigenvalue weighted by atomic mass is 9.87. The molecule has 1 aromatic carbocycles. The van der Waals surface area contributed by atoms with Crippen LogP contribution in [0.3, 0.4) is 0 Å². The van der Waals surface area contributed by atoms with Gasteiger partial charge in [-0.2, -0.15) is 4.98 Å². The summed E-state index contributed by atoms with van der Waals surface area (Å²) in [5.41, 5.74) is 1.18. The molecule has 1 aromatic heterocycles. The van der Waals surface area contributed by atoms with Crippen molar-refractivity contribution in [1.82, 2.24) is 9.55 Å². The van der Waals surface area contributed by atoms with Gasteiger partial charge in [0.15, 0.2) is 17.7 Å². The summed E-state index contributed by atoms with van der Waals surface area (Å²) in [5.74, 6) is -0.187. The summed E-state index contributed by atoms with van der Waals surface area (Å²) in [6, 6.07) is 5.32. The van der Waals surface area contributed by atoms with E-state index in [1.54, 1.807) is 16.8 Å². The molecule has 0 amide bonds. The summed E-state index contributed by atoms with van der Waals surface area (Å²) < 4.78 is 27.3. The summed E-state index contributed by atoms with van der Waals surface area (Å²) in [6.07, 6.45) is 2.09. The van der Waals surface area contributed by atoms with Crippen molar-refractivity contribution < 1.29 is 13.9 Å². The summed E-state index contributed by atoms with van der Waals surface area (Å²) >= 11 is 0. The second-order valence-electron chi connectivity index (χ2n) is 7.31. The number of nitrogens with zero attached hydrogens (tertiary/aromatic N) is 2. The first-order chi connectivity index (χ1) is 11.8. The zero-order valence-corrected chi connectivity index (χ0v) is 15.0. The molecule has 2 aromatic rings. The third-order valence-corrected chi connectivity index (χ3v) is 4.31. The highest BCUT2D eigenvalue weighted by Crippen LogP contribution is 2.27. The van der Waals surface area contributed by atoms with Crippen LogP contribution in [0.1, 0.15) is 38.8 Å². The molecule has 25 heavy (non-hydrogen) atoms. The molecule has 0 saturated heterocycles. The Morgan fingerprint density at radius 3 is 2.80 bits per heavy atom. The molecule has 0 unspecified atom stereocenters. The van der Waals surface area contributed by atoms with Crippen molar-refractivity contribution in [2.45, 2.75) is 52.2 Å². The van der Waals surface area contributed by atoms with E-state index in [0.29, 0.717) is 24.5 Å². The van der Waals surface area contributed by atoms with Crippen molar-refractivity contribution in [3.63, 3.8) is 0 Å². The van der Waals surface area contributed by atoms with E-state index >= 15 is 0 Å². The molecule has 3 rings (SSSR count). The number of halogens is 1.